The monoisotopic (exact) mass is 300 g/mol. The summed E-state index contributed by atoms with van der Waals surface area (Å²) >= 11 is 1.54. The first-order valence-corrected chi connectivity index (χ1v) is 7.44. The second kappa shape index (κ2) is 5.53. The third kappa shape index (κ3) is 2.59. The highest BCUT2D eigenvalue weighted by Crippen LogP contribution is 2.22. The Morgan fingerprint density at radius 2 is 2.05 bits per heavy atom. The van der Waals surface area contributed by atoms with Crippen LogP contribution in [0.3, 0.4) is 0 Å². The molecule has 2 heterocycles. The van der Waals surface area contributed by atoms with E-state index in [0.717, 1.165) is 21.6 Å². The maximum atomic E-state index is 10.9. The van der Waals surface area contributed by atoms with Crippen LogP contribution in [0.25, 0.3) is 11.0 Å². The van der Waals surface area contributed by atoms with Crippen molar-refractivity contribution in [2.24, 2.45) is 0 Å². The Morgan fingerprint density at radius 1 is 1.29 bits per heavy atom. The van der Waals surface area contributed by atoms with Gasteiger partial charge in [0.05, 0.1) is 18.3 Å². The van der Waals surface area contributed by atoms with Gasteiger partial charge in [0.15, 0.2) is 0 Å². The molecular weight excluding hydrogens is 288 g/mol. The van der Waals surface area contributed by atoms with Crippen LogP contribution < -0.4 is 0 Å². The Labute approximate surface area is 124 Å². The molecule has 6 nitrogen and oxygen atoms in total. The molecule has 1 N–H and O–H groups in total. The highest BCUT2D eigenvalue weighted by molar-refractivity contribution is 7.98. The number of carboxylic acids is 1. The van der Waals surface area contributed by atoms with Crippen LogP contribution in [0, 0.1) is 0 Å². The maximum Gasteiger partial charge on any atom is 0.335 e. The van der Waals surface area contributed by atoms with E-state index in [0.29, 0.717) is 6.54 Å². The number of carboxylic acid groups (broad SMARTS) is 1. The lowest BCUT2D eigenvalue weighted by molar-refractivity contribution is 0.0697. The van der Waals surface area contributed by atoms with Crippen molar-refractivity contribution in [2.45, 2.75) is 11.6 Å². The first-order chi connectivity index (χ1) is 10.2. The van der Waals surface area contributed by atoms with Crippen LogP contribution in [0.2, 0.25) is 0 Å². The van der Waals surface area contributed by atoms with E-state index < -0.39 is 5.97 Å². The standard InChI is InChI=1S/C14H12N4O2S/c1-21-13-12-11(15-8-16-13)6-17-18(12)7-9-2-4-10(5-3-9)14(19)20/h2-6,8H,7H2,1H3,(H,19,20). The summed E-state index contributed by atoms with van der Waals surface area (Å²) in [4.78, 5) is 19.3. The van der Waals surface area contributed by atoms with Gasteiger partial charge < -0.3 is 5.11 Å². The van der Waals surface area contributed by atoms with Crippen LogP contribution in [-0.4, -0.2) is 37.1 Å². The minimum absolute atomic E-state index is 0.275. The molecule has 21 heavy (non-hydrogen) atoms. The van der Waals surface area contributed by atoms with Gasteiger partial charge in [-0.15, -0.1) is 11.8 Å². The van der Waals surface area contributed by atoms with Crippen molar-refractivity contribution in [1.29, 1.82) is 0 Å². The number of thioether (sulfide) groups is 1. The lowest BCUT2D eigenvalue weighted by Gasteiger charge is -2.06. The molecule has 106 valence electrons. The summed E-state index contributed by atoms with van der Waals surface area (Å²) in [5.41, 5.74) is 2.95. The van der Waals surface area contributed by atoms with Crippen molar-refractivity contribution in [3.63, 3.8) is 0 Å². The molecule has 0 aliphatic rings. The SMILES string of the molecule is CSc1ncnc2cnn(Cc3ccc(C(=O)O)cc3)c12. The first-order valence-electron chi connectivity index (χ1n) is 6.22. The second-order valence-corrected chi connectivity index (χ2v) is 5.22. The van der Waals surface area contributed by atoms with Crippen molar-refractivity contribution in [2.75, 3.05) is 6.26 Å². The summed E-state index contributed by atoms with van der Waals surface area (Å²) in [7, 11) is 0. The molecule has 7 heteroatoms. The molecule has 0 unspecified atom stereocenters. The molecule has 0 saturated heterocycles. The van der Waals surface area contributed by atoms with E-state index in [1.807, 2.05) is 10.9 Å². The van der Waals surface area contributed by atoms with Gasteiger partial charge in [-0.1, -0.05) is 12.1 Å². The molecule has 0 spiro atoms. The van der Waals surface area contributed by atoms with E-state index in [9.17, 15) is 4.79 Å². The third-order valence-electron chi connectivity index (χ3n) is 3.12. The average molecular weight is 300 g/mol. The molecule has 1 aromatic carbocycles. The van der Waals surface area contributed by atoms with Crippen LogP contribution in [0.4, 0.5) is 0 Å². The highest BCUT2D eigenvalue weighted by Gasteiger charge is 2.10. The van der Waals surface area contributed by atoms with Crippen molar-refractivity contribution in [1.82, 2.24) is 19.7 Å². The third-order valence-corrected chi connectivity index (χ3v) is 3.81. The molecular formula is C14H12N4O2S. The summed E-state index contributed by atoms with van der Waals surface area (Å²) in [6.45, 7) is 0.546. The molecule has 0 saturated carbocycles. The van der Waals surface area contributed by atoms with Gasteiger partial charge in [-0.25, -0.2) is 14.8 Å². The molecule has 0 radical (unpaired) electrons. The topological polar surface area (TPSA) is 80.9 Å². The summed E-state index contributed by atoms with van der Waals surface area (Å²) in [5, 5.41) is 14.1. The summed E-state index contributed by atoms with van der Waals surface area (Å²) < 4.78 is 1.83. The molecule has 0 atom stereocenters. The Hall–Kier alpha value is -2.41. The number of benzene rings is 1. The van der Waals surface area contributed by atoms with Gasteiger partial charge >= 0.3 is 5.97 Å². The van der Waals surface area contributed by atoms with Crippen LogP contribution >= 0.6 is 11.8 Å². The fraction of sp³-hybridized carbons (Fsp3) is 0.143. The number of nitrogens with zero attached hydrogens (tertiary/aromatic N) is 4. The van der Waals surface area contributed by atoms with E-state index in [-0.39, 0.29) is 5.56 Å². The number of hydrogen-bond acceptors (Lipinski definition) is 5. The largest absolute Gasteiger partial charge is 0.478 e. The molecule has 3 rings (SSSR count). The zero-order valence-corrected chi connectivity index (χ0v) is 12.0. The number of fused-ring (bicyclic) bond motifs is 1. The zero-order chi connectivity index (χ0) is 14.8. The Bertz CT molecular complexity index is 798. The second-order valence-electron chi connectivity index (χ2n) is 4.42. The fourth-order valence-electron chi connectivity index (χ4n) is 2.09. The van der Waals surface area contributed by atoms with E-state index in [1.165, 1.54) is 6.33 Å². The van der Waals surface area contributed by atoms with Gasteiger partial charge in [-0.3, -0.25) is 4.68 Å². The quantitative estimate of drug-likeness (QED) is 0.588. The van der Waals surface area contributed by atoms with E-state index >= 15 is 0 Å². The predicted octanol–water partition coefficient (Wildman–Crippen LogP) is 2.29. The van der Waals surface area contributed by atoms with Crippen molar-refractivity contribution < 1.29 is 9.90 Å². The smallest absolute Gasteiger partial charge is 0.335 e. The molecule has 2 aromatic heterocycles. The molecule has 0 aliphatic carbocycles. The van der Waals surface area contributed by atoms with Gasteiger partial charge in [0.2, 0.25) is 0 Å². The molecule has 0 bridgehead atoms. The summed E-state index contributed by atoms with van der Waals surface area (Å²) in [6.07, 6.45) is 5.20. The maximum absolute atomic E-state index is 10.9. The number of aromatic nitrogens is 4. The fourth-order valence-corrected chi connectivity index (χ4v) is 2.65. The average Bonchev–Trinajstić information content (AvgIpc) is 2.91. The molecule has 0 amide bonds. The number of carbonyl (C=O) groups is 1. The van der Waals surface area contributed by atoms with Crippen molar-refractivity contribution in [3.8, 4) is 0 Å². The van der Waals surface area contributed by atoms with Gasteiger partial charge in [0.25, 0.3) is 0 Å². The van der Waals surface area contributed by atoms with Gasteiger partial charge in [-0.2, -0.15) is 5.10 Å². The normalized spacial score (nSPS) is 10.9. The summed E-state index contributed by atoms with van der Waals surface area (Å²) in [6, 6.07) is 6.77. The van der Waals surface area contributed by atoms with E-state index in [1.54, 1.807) is 42.2 Å². The van der Waals surface area contributed by atoms with Crippen LogP contribution in [0.15, 0.2) is 41.8 Å². The highest BCUT2D eigenvalue weighted by atomic mass is 32.2. The summed E-state index contributed by atoms with van der Waals surface area (Å²) in [5.74, 6) is -0.927. The Balaban J connectivity index is 1.96. The van der Waals surface area contributed by atoms with Crippen LogP contribution in [-0.2, 0) is 6.54 Å². The van der Waals surface area contributed by atoms with Gasteiger partial charge in [0, 0.05) is 0 Å². The molecule has 0 fully saturated rings. The minimum Gasteiger partial charge on any atom is -0.478 e. The number of rotatable bonds is 4. The Kier molecular flexibility index (Phi) is 3.57. The predicted molar refractivity (Wildman–Crippen MR) is 79.6 cm³/mol. The van der Waals surface area contributed by atoms with E-state index in [4.69, 9.17) is 5.11 Å². The van der Waals surface area contributed by atoms with Crippen molar-refractivity contribution in [3.05, 3.63) is 47.9 Å². The zero-order valence-electron chi connectivity index (χ0n) is 11.2. The number of aromatic carboxylic acids is 1. The minimum atomic E-state index is -0.927. The van der Waals surface area contributed by atoms with Crippen molar-refractivity contribution >= 4 is 28.8 Å². The lowest BCUT2D eigenvalue weighted by Crippen LogP contribution is -2.04. The van der Waals surface area contributed by atoms with Crippen LogP contribution in [0.5, 0.6) is 0 Å². The molecule has 0 aliphatic heterocycles. The van der Waals surface area contributed by atoms with E-state index in [2.05, 4.69) is 15.1 Å². The number of hydrogen-bond donors (Lipinski definition) is 1. The lowest BCUT2D eigenvalue weighted by atomic mass is 10.1. The van der Waals surface area contributed by atoms with Crippen LogP contribution in [0.1, 0.15) is 15.9 Å². The molecule has 3 aromatic rings. The van der Waals surface area contributed by atoms with Gasteiger partial charge in [0.1, 0.15) is 22.4 Å². The first kappa shape index (κ1) is 13.6. The Morgan fingerprint density at radius 3 is 2.71 bits per heavy atom. The van der Waals surface area contributed by atoms with Gasteiger partial charge in [-0.05, 0) is 24.0 Å².